The Kier molecular flexibility index (Phi) is 5.21. The fourth-order valence-electron chi connectivity index (χ4n) is 3.61. The van der Waals surface area contributed by atoms with Crippen molar-refractivity contribution in [3.63, 3.8) is 0 Å². The van der Waals surface area contributed by atoms with Crippen molar-refractivity contribution in [2.24, 2.45) is 5.92 Å². The van der Waals surface area contributed by atoms with Crippen molar-refractivity contribution in [1.29, 1.82) is 0 Å². The van der Waals surface area contributed by atoms with Crippen molar-refractivity contribution in [3.05, 3.63) is 53.7 Å². The molecule has 3 aromatic rings. The van der Waals surface area contributed by atoms with Crippen LogP contribution in [0.1, 0.15) is 24.1 Å². The SMILES string of the molecule is FC(F)(F)Cc1ccc(Nc2nc3cccc(CC4CCNCC4)n3n2)cc1. The van der Waals surface area contributed by atoms with Gasteiger partial charge in [-0.15, -0.1) is 5.10 Å². The number of halogens is 3. The summed E-state index contributed by atoms with van der Waals surface area (Å²) in [6, 6.07) is 12.1. The van der Waals surface area contributed by atoms with E-state index in [0.717, 1.165) is 43.7 Å². The van der Waals surface area contributed by atoms with Crippen LogP contribution in [0.15, 0.2) is 42.5 Å². The van der Waals surface area contributed by atoms with Gasteiger partial charge in [0.15, 0.2) is 5.65 Å². The molecule has 0 saturated carbocycles. The van der Waals surface area contributed by atoms with E-state index in [4.69, 9.17) is 0 Å². The van der Waals surface area contributed by atoms with Crippen LogP contribution in [0, 0.1) is 5.92 Å². The minimum absolute atomic E-state index is 0.227. The molecule has 0 aliphatic carbocycles. The van der Waals surface area contributed by atoms with E-state index in [9.17, 15) is 13.2 Å². The van der Waals surface area contributed by atoms with Crippen LogP contribution in [0.2, 0.25) is 0 Å². The van der Waals surface area contributed by atoms with Crippen molar-refractivity contribution in [2.75, 3.05) is 18.4 Å². The lowest BCUT2D eigenvalue weighted by molar-refractivity contribution is -0.127. The minimum Gasteiger partial charge on any atom is -0.323 e. The zero-order valence-corrected chi connectivity index (χ0v) is 15.3. The molecule has 1 aromatic carbocycles. The number of hydrogen-bond donors (Lipinski definition) is 2. The Bertz CT molecular complexity index is 927. The van der Waals surface area contributed by atoms with Gasteiger partial charge in [0.2, 0.25) is 5.95 Å². The molecular weight excluding hydrogens is 367 g/mol. The molecule has 1 saturated heterocycles. The van der Waals surface area contributed by atoms with Crippen molar-refractivity contribution in [3.8, 4) is 0 Å². The van der Waals surface area contributed by atoms with Gasteiger partial charge >= 0.3 is 6.18 Å². The number of pyridine rings is 1. The van der Waals surface area contributed by atoms with Crippen LogP contribution in [-0.4, -0.2) is 33.9 Å². The molecule has 148 valence electrons. The highest BCUT2D eigenvalue weighted by molar-refractivity contribution is 5.56. The smallest absolute Gasteiger partial charge is 0.323 e. The van der Waals surface area contributed by atoms with Crippen LogP contribution in [0.25, 0.3) is 5.65 Å². The van der Waals surface area contributed by atoms with Gasteiger partial charge in [0.25, 0.3) is 0 Å². The summed E-state index contributed by atoms with van der Waals surface area (Å²) in [7, 11) is 0. The zero-order chi connectivity index (χ0) is 19.6. The van der Waals surface area contributed by atoms with Crippen LogP contribution in [0.4, 0.5) is 24.8 Å². The Balaban J connectivity index is 1.49. The van der Waals surface area contributed by atoms with Gasteiger partial charge in [-0.1, -0.05) is 18.2 Å². The molecule has 0 radical (unpaired) electrons. The average molecular weight is 389 g/mol. The first kappa shape index (κ1) is 18.7. The molecule has 0 unspecified atom stereocenters. The molecule has 0 bridgehead atoms. The van der Waals surface area contributed by atoms with E-state index in [1.165, 1.54) is 12.1 Å². The maximum Gasteiger partial charge on any atom is 0.393 e. The van der Waals surface area contributed by atoms with Gasteiger partial charge in [0, 0.05) is 11.4 Å². The lowest BCUT2D eigenvalue weighted by Crippen LogP contribution is -2.29. The van der Waals surface area contributed by atoms with E-state index in [1.807, 2.05) is 16.6 Å². The molecule has 0 spiro atoms. The molecule has 8 heteroatoms. The normalized spacial score (nSPS) is 15.8. The summed E-state index contributed by atoms with van der Waals surface area (Å²) in [5, 5.41) is 11.0. The molecule has 5 nitrogen and oxygen atoms in total. The fourth-order valence-corrected chi connectivity index (χ4v) is 3.61. The van der Waals surface area contributed by atoms with Crippen LogP contribution < -0.4 is 10.6 Å². The standard InChI is InChI=1S/C20H22F3N5/c21-20(22,23)13-15-4-6-16(7-5-15)25-19-26-18-3-1-2-17(28(18)27-19)12-14-8-10-24-11-9-14/h1-7,14,24H,8-13H2,(H,25,27). The number of aromatic nitrogens is 3. The van der Waals surface area contributed by atoms with Gasteiger partial charge in [0.05, 0.1) is 6.42 Å². The predicted molar refractivity (Wildman–Crippen MR) is 102 cm³/mol. The van der Waals surface area contributed by atoms with Gasteiger partial charge in [-0.25, -0.2) is 4.52 Å². The number of piperidine rings is 1. The van der Waals surface area contributed by atoms with Crippen molar-refractivity contribution < 1.29 is 13.2 Å². The first-order valence-electron chi connectivity index (χ1n) is 9.44. The fraction of sp³-hybridized carbons (Fsp3) is 0.400. The van der Waals surface area contributed by atoms with E-state index < -0.39 is 12.6 Å². The second-order valence-corrected chi connectivity index (χ2v) is 7.23. The first-order chi connectivity index (χ1) is 13.5. The number of nitrogens with one attached hydrogen (secondary N) is 2. The average Bonchev–Trinajstić information content (AvgIpc) is 3.07. The van der Waals surface area contributed by atoms with Crippen LogP contribution in [0.5, 0.6) is 0 Å². The third kappa shape index (κ3) is 4.62. The number of hydrogen-bond acceptors (Lipinski definition) is 4. The number of nitrogens with zero attached hydrogens (tertiary/aromatic N) is 3. The number of alkyl halides is 3. The maximum atomic E-state index is 12.5. The molecule has 2 aromatic heterocycles. The second-order valence-electron chi connectivity index (χ2n) is 7.23. The van der Waals surface area contributed by atoms with Crippen LogP contribution in [-0.2, 0) is 12.8 Å². The number of fused-ring (bicyclic) bond motifs is 1. The molecule has 1 aliphatic heterocycles. The van der Waals surface area contributed by atoms with Gasteiger partial charge in [0.1, 0.15) is 0 Å². The summed E-state index contributed by atoms with van der Waals surface area (Å²) in [6.07, 6.45) is -1.88. The molecule has 1 fully saturated rings. The lowest BCUT2D eigenvalue weighted by Gasteiger charge is -2.22. The number of anilines is 2. The molecule has 0 amide bonds. The Morgan fingerprint density at radius 2 is 1.82 bits per heavy atom. The zero-order valence-electron chi connectivity index (χ0n) is 15.3. The second kappa shape index (κ2) is 7.79. The van der Waals surface area contributed by atoms with E-state index in [-0.39, 0.29) is 5.56 Å². The van der Waals surface area contributed by atoms with Crippen molar-refractivity contribution >= 4 is 17.3 Å². The summed E-state index contributed by atoms with van der Waals surface area (Å²) in [5.74, 6) is 1.06. The summed E-state index contributed by atoms with van der Waals surface area (Å²) in [4.78, 5) is 4.49. The third-order valence-electron chi connectivity index (χ3n) is 5.01. The minimum atomic E-state index is -4.21. The third-order valence-corrected chi connectivity index (χ3v) is 5.01. The van der Waals surface area contributed by atoms with E-state index in [1.54, 1.807) is 12.1 Å². The monoisotopic (exact) mass is 389 g/mol. The Labute approximate surface area is 161 Å². The Morgan fingerprint density at radius 1 is 1.07 bits per heavy atom. The highest BCUT2D eigenvalue weighted by Crippen LogP contribution is 2.23. The number of rotatable bonds is 5. The van der Waals surface area contributed by atoms with Gasteiger partial charge in [-0.05, 0) is 68.1 Å². The lowest BCUT2D eigenvalue weighted by atomic mass is 9.93. The van der Waals surface area contributed by atoms with E-state index in [2.05, 4.69) is 26.8 Å². The summed E-state index contributed by atoms with van der Waals surface area (Å²) in [6.45, 7) is 2.10. The van der Waals surface area contributed by atoms with E-state index >= 15 is 0 Å². The molecule has 4 rings (SSSR count). The molecule has 28 heavy (non-hydrogen) atoms. The van der Waals surface area contributed by atoms with Crippen molar-refractivity contribution in [2.45, 2.75) is 31.9 Å². The quantitative estimate of drug-likeness (QED) is 0.689. The summed E-state index contributed by atoms with van der Waals surface area (Å²) < 4.78 is 39.3. The largest absolute Gasteiger partial charge is 0.393 e. The van der Waals surface area contributed by atoms with Gasteiger partial charge in [-0.3, -0.25) is 0 Å². The van der Waals surface area contributed by atoms with E-state index in [0.29, 0.717) is 17.6 Å². The first-order valence-corrected chi connectivity index (χ1v) is 9.44. The highest BCUT2D eigenvalue weighted by Gasteiger charge is 2.27. The molecule has 2 N–H and O–H groups in total. The van der Waals surface area contributed by atoms with Crippen molar-refractivity contribution in [1.82, 2.24) is 19.9 Å². The van der Waals surface area contributed by atoms with Crippen LogP contribution >= 0.6 is 0 Å². The molecule has 3 heterocycles. The maximum absolute atomic E-state index is 12.5. The number of benzene rings is 1. The molecular formula is C20H22F3N5. The van der Waals surface area contributed by atoms with Gasteiger partial charge < -0.3 is 10.6 Å². The summed E-state index contributed by atoms with van der Waals surface area (Å²) in [5.41, 5.74) is 2.75. The molecule has 0 atom stereocenters. The Hall–Kier alpha value is -2.61. The predicted octanol–water partition coefficient (Wildman–Crippen LogP) is 4.12. The van der Waals surface area contributed by atoms with Crippen LogP contribution in [0.3, 0.4) is 0 Å². The highest BCUT2D eigenvalue weighted by atomic mass is 19.4. The Morgan fingerprint density at radius 3 is 2.54 bits per heavy atom. The topological polar surface area (TPSA) is 54.2 Å². The van der Waals surface area contributed by atoms with Gasteiger partial charge in [-0.2, -0.15) is 18.2 Å². The summed E-state index contributed by atoms with van der Waals surface area (Å²) >= 11 is 0. The molecule has 1 aliphatic rings.